The summed E-state index contributed by atoms with van der Waals surface area (Å²) in [5.74, 6) is -0.571. The average molecular weight is 204 g/mol. The molecule has 0 aliphatic carbocycles. The first-order chi connectivity index (χ1) is 7.03. The van der Waals surface area contributed by atoms with Gasteiger partial charge in [-0.25, -0.2) is 0 Å². The number of hydrogen-bond donors (Lipinski definition) is 1. The van der Waals surface area contributed by atoms with Gasteiger partial charge in [-0.05, 0) is 12.5 Å². The quantitative estimate of drug-likeness (QED) is 0.764. The van der Waals surface area contributed by atoms with Crippen molar-refractivity contribution >= 4 is 5.78 Å². The number of ketones is 1. The normalized spacial score (nSPS) is 16.5. The number of carbonyl (C=O) groups is 1. The minimum atomic E-state index is -1.46. The van der Waals surface area contributed by atoms with E-state index in [2.05, 4.69) is 6.58 Å². The lowest BCUT2D eigenvalue weighted by Crippen LogP contribution is -2.39. The molecule has 0 heterocycles. The van der Waals surface area contributed by atoms with Crippen LogP contribution in [0.15, 0.2) is 43.0 Å². The second-order valence-corrected chi connectivity index (χ2v) is 3.71. The molecule has 0 aromatic heterocycles. The fourth-order valence-corrected chi connectivity index (χ4v) is 1.65. The van der Waals surface area contributed by atoms with Crippen LogP contribution in [0.2, 0.25) is 0 Å². The Labute approximate surface area is 90.3 Å². The maximum absolute atomic E-state index is 11.6. The standard InChI is InChI=1S/C13H16O2/c1-4-10(2)13(15,11(3)14)12-8-6-5-7-9-12/h4-10,15H,1H2,2-3H3. The molecule has 15 heavy (non-hydrogen) atoms. The van der Waals surface area contributed by atoms with Crippen LogP contribution in [0.3, 0.4) is 0 Å². The summed E-state index contributed by atoms with van der Waals surface area (Å²) in [5.41, 5.74) is -0.840. The van der Waals surface area contributed by atoms with Crippen molar-refractivity contribution in [3.63, 3.8) is 0 Å². The summed E-state index contributed by atoms with van der Waals surface area (Å²) < 4.78 is 0. The summed E-state index contributed by atoms with van der Waals surface area (Å²) >= 11 is 0. The van der Waals surface area contributed by atoms with Crippen LogP contribution in [0.5, 0.6) is 0 Å². The molecule has 80 valence electrons. The molecule has 0 amide bonds. The third-order valence-electron chi connectivity index (χ3n) is 2.76. The molecule has 1 aromatic rings. The SMILES string of the molecule is C=CC(C)C(O)(C(C)=O)c1ccccc1. The highest BCUT2D eigenvalue weighted by Crippen LogP contribution is 2.31. The number of Topliss-reactive ketones (excluding diaryl/α,β-unsaturated/α-hetero) is 1. The van der Waals surface area contributed by atoms with E-state index in [9.17, 15) is 9.90 Å². The maximum atomic E-state index is 11.6. The zero-order chi connectivity index (χ0) is 11.5. The van der Waals surface area contributed by atoms with Crippen LogP contribution in [-0.4, -0.2) is 10.9 Å². The summed E-state index contributed by atoms with van der Waals surface area (Å²) in [4.78, 5) is 11.6. The topological polar surface area (TPSA) is 37.3 Å². The van der Waals surface area contributed by atoms with E-state index in [1.807, 2.05) is 6.07 Å². The fourth-order valence-electron chi connectivity index (χ4n) is 1.65. The molecule has 0 saturated heterocycles. The van der Waals surface area contributed by atoms with Crippen LogP contribution in [0.1, 0.15) is 19.4 Å². The second kappa shape index (κ2) is 4.41. The van der Waals surface area contributed by atoms with Gasteiger partial charge in [-0.2, -0.15) is 0 Å². The molecule has 0 bridgehead atoms. The largest absolute Gasteiger partial charge is 0.377 e. The summed E-state index contributed by atoms with van der Waals surface area (Å²) in [6.45, 7) is 6.80. The lowest BCUT2D eigenvalue weighted by molar-refractivity contribution is -0.139. The Morgan fingerprint density at radius 3 is 2.40 bits per heavy atom. The lowest BCUT2D eigenvalue weighted by atomic mass is 9.79. The third-order valence-corrected chi connectivity index (χ3v) is 2.76. The van der Waals surface area contributed by atoms with Crippen molar-refractivity contribution in [1.82, 2.24) is 0 Å². The first-order valence-electron chi connectivity index (χ1n) is 4.95. The number of rotatable bonds is 4. The molecule has 0 spiro atoms. The smallest absolute Gasteiger partial charge is 0.166 e. The molecule has 0 fully saturated rings. The lowest BCUT2D eigenvalue weighted by Gasteiger charge is -2.30. The molecule has 1 aromatic carbocycles. The predicted octanol–water partition coefficient (Wildman–Crippen LogP) is 2.29. The van der Waals surface area contributed by atoms with Crippen molar-refractivity contribution < 1.29 is 9.90 Å². The van der Waals surface area contributed by atoms with E-state index in [0.717, 1.165) is 0 Å². The molecule has 2 unspecified atom stereocenters. The highest BCUT2D eigenvalue weighted by molar-refractivity contribution is 5.86. The minimum Gasteiger partial charge on any atom is -0.377 e. The van der Waals surface area contributed by atoms with E-state index in [-0.39, 0.29) is 11.7 Å². The summed E-state index contributed by atoms with van der Waals surface area (Å²) in [5, 5.41) is 10.4. The molecular weight excluding hydrogens is 188 g/mol. The molecule has 0 aliphatic rings. The Hall–Kier alpha value is -1.41. The summed E-state index contributed by atoms with van der Waals surface area (Å²) in [7, 11) is 0. The van der Waals surface area contributed by atoms with Crippen molar-refractivity contribution in [3.05, 3.63) is 48.6 Å². The summed E-state index contributed by atoms with van der Waals surface area (Å²) in [6, 6.07) is 8.96. The second-order valence-electron chi connectivity index (χ2n) is 3.71. The van der Waals surface area contributed by atoms with Gasteiger partial charge >= 0.3 is 0 Å². The van der Waals surface area contributed by atoms with E-state index in [0.29, 0.717) is 5.56 Å². The number of aliphatic hydroxyl groups is 1. The molecule has 2 heteroatoms. The van der Waals surface area contributed by atoms with Crippen LogP contribution in [0.25, 0.3) is 0 Å². The number of hydrogen-bond acceptors (Lipinski definition) is 2. The molecular formula is C13H16O2. The Balaban J connectivity index is 3.24. The molecule has 0 saturated carbocycles. The van der Waals surface area contributed by atoms with Gasteiger partial charge in [-0.1, -0.05) is 43.3 Å². The van der Waals surface area contributed by atoms with Gasteiger partial charge in [-0.3, -0.25) is 4.79 Å². The maximum Gasteiger partial charge on any atom is 0.166 e. The molecule has 2 nitrogen and oxygen atoms in total. The van der Waals surface area contributed by atoms with E-state index in [4.69, 9.17) is 0 Å². The van der Waals surface area contributed by atoms with E-state index >= 15 is 0 Å². The average Bonchev–Trinajstić information content (AvgIpc) is 2.27. The van der Waals surface area contributed by atoms with Crippen LogP contribution < -0.4 is 0 Å². The molecule has 0 aliphatic heterocycles. The zero-order valence-corrected chi connectivity index (χ0v) is 9.10. The van der Waals surface area contributed by atoms with Crippen LogP contribution >= 0.6 is 0 Å². The van der Waals surface area contributed by atoms with Crippen molar-refractivity contribution in [1.29, 1.82) is 0 Å². The molecule has 0 radical (unpaired) electrons. The summed E-state index contributed by atoms with van der Waals surface area (Å²) in [6.07, 6.45) is 1.59. The number of benzene rings is 1. The van der Waals surface area contributed by atoms with E-state index < -0.39 is 5.60 Å². The van der Waals surface area contributed by atoms with Crippen molar-refractivity contribution in [2.45, 2.75) is 19.4 Å². The van der Waals surface area contributed by atoms with Gasteiger partial charge in [0.2, 0.25) is 0 Å². The molecule has 2 atom stereocenters. The molecule has 1 rings (SSSR count). The Morgan fingerprint density at radius 1 is 1.47 bits per heavy atom. The minimum absolute atomic E-state index is 0.263. The Kier molecular flexibility index (Phi) is 3.43. The monoisotopic (exact) mass is 204 g/mol. The number of carbonyl (C=O) groups excluding carboxylic acids is 1. The van der Waals surface area contributed by atoms with Gasteiger partial charge in [0, 0.05) is 5.92 Å². The van der Waals surface area contributed by atoms with Crippen molar-refractivity contribution in [3.8, 4) is 0 Å². The molecule has 1 N–H and O–H groups in total. The first kappa shape index (κ1) is 11.7. The van der Waals surface area contributed by atoms with Crippen LogP contribution in [0, 0.1) is 5.92 Å². The Morgan fingerprint density at radius 2 is 2.00 bits per heavy atom. The van der Waals surface area contributed by atoms with Crippen LogP contribution in [0.4, 0.5) is 0 Å². The van der Waals surface area contributed by atoms with Crippen LogP contribution in [-0.2, 0) is 10.4 Å². The highest BCUT2D eigenvalue weighted by atomic mass is 16.3. The van der Waals surface area contributed by atoms with Gasteiger partial charge in [0.05, 0.1) is 0 Å². The first-order valence-corrected chi connectivity index (χ1v) is 4.95. The highest BCUT2D eigenvalue weighted by Gasteiger charge is 2.38. The Bertz CT molecular complexity index is 356. The van der Waals surface area contributed by atoms with Gasteiger partial charge in [0.25, 0.3) is 0 Å². The van der Waals surface area contributed by atoms with Gasteiger partial charge in [0.1, 0.15) is 0 Å². The van der Waals surface area contributed by atoms with Gasteiger partial charge < -0.3 is 5.11 Å². The van der Waals surface area contributed by atoms with Gasteiger partial charge in [0.15, 0.2) is 11.4 Å². The third kappa shape index (κ3) is 2.00. The predicted molar refractivity (Wildman–Crippen MR) is 60.4 cm³/mol. The van der Waals surface area contributed by atoms with Crippen molar-refractivity contribution in [2.75, 3.05) is 0 Å². The van der Waals surface area contributed by atoms with E-state index in [1.54, 1.807) is 37.3 Å². The fraction of sp³-hybridized carbons (Fsp3) is 0.308. The van der Waals surface area contributed by atoms with Gasteiger partial charge in [-0.15, -0.1) is 6.58 Å². The zero-order valence-electron chi connectivity index (χ0n) is 9.10. The van der Waals surface area contributed by atoms with Crippen molar-refractivity contribution in [2.24, 2.45) is 5.92 Å². The van der Waals surface area contributed by atoms with E-state index in [1.165, 1.54) is 6.92 Å².